The first-order valence-electron chi connectivity index (χ1n) is 9.25. The molecule has 2 aromatic heterocycles. The van der Waals surface area contributed by atoms with Crippen molar-refractivity contribution in [1.82, 2.24) is 15.2 Å². The molecular weight excluding hydrogens is 354 g/mol. The monoisotopic (exact) mass is 375 g/mol. The number of carbonyl (C=O) groups excluding carboxylic acids is 1. The lowest BCUT2D eigenvalue weighted by molar-refractivity contribution is -0.149. The summed E-state index contributed by atoms with van der Waals surface area (Å²) in [5.74, 6) is 0.403. The Labute approximate surface area is 162 Å². The molecule has 0 spiro atoms. The summed E-state index contributed by atoms with van der Waals surface area (Å²) in [4.78, 5) is 15.5. The molecule has 1 atom stereocenters. The zero-order valence-corrected chi connectivity index (χ0v) is 15.8. The fraction of sp³-hybridized carbons (Fsp3) is 0.227. The zero-order valence-electron chi connectivity index (χ0n) is 15.8. The van der Waals surface area contributed by atoms with Crippen molar-refractivity contribution in [1.29, 1.82) is 0 Å². The lowest BCUT2D eigenvalue weighted by Gasteiger charge is -2.09. The van der Waals surface area contributed by atoms with Gasteiger partial charge in [-0.1, -0.05) is 35.9 Å². The van der Waals surface area contributed by atoms with Crippen LogP contribution >= 0.6 is 0 Å². The van der Waals surface area contributed by atoms with E-state index in [9.17, 15) is 4.79 Å². The number of aryl methyl sites for hydroxylation is 2. The van der Waals surface area contributed by atoms with Gasteiger partial charge >= 0.3 is 5.97 Å². The van der Waals surface area contributed by atoms with Crippen molar-refractivity contribution in [3.8, 4) is 11.5 Å². The van der Waals surface area contributed by atoms with Crippen molar-refractivity contribution in [2.24, 2.45) is 0 Å². The van der Waals surface area contributed by atoms with Gasteiger partial charge in [0, 0.05) is 29.1 Å². The number of nitrogens with zero attached hydrogens (tertiary/aromatic N) is 2. The Bertz CT molecular complexity index is 1100. The van der Waals surface area contributed by atoms with Crippen LogP contribution in [0.1, 0.15) is 36.5 Å². The number of para-hydroxylation sites is 1. The summed E-state index contributed by atoms with van der Waals surface area (Å²) in [5.41, 5.74) is 4.15. The van der Waals surface area contributed by atoms with Gasteiger partial charge in [-0.25, -0.2) is 0 Å². The van der Waals surface area contributed by atoms with Gasteiger partial charge in [0.15, 0.2) is 6.10 Å². The normalized spacial score (nSPS) is 12.2. The molecule has 0 saturated heterocycles. The fourth-order valence-corrected chi connectivity index (χ4v) is 3.09. The molecule has 0 fully saturated rings. The number of ether oxygens (including phenoxy) is 1. The minimum Gasteiger partial charge on any atom is -0.453 e. The third kappa shape index (κ3) is 3.81. The summed E-state index contributed by atoms with van der Waals surface area (Å²) in [5, 5.41) is 9.20. The molecule has 28 heavy (non-hydrogen) atoms. The second-order valence-corrected chi connectivity index (χ2v) is 6.80. The summed E-state index contributed by atoms with van der Waals surface area (Å²) in [6, 6.07) is 15.8. The number of carbonyl (C=O) groups is 1. The van der Waals surface area contributed by atoms with E-state index in [0.29, 0.717) is 12.3 Å². The lowest BCUT2D eigenvalue weighted by Crippen LogP contribution is -2.10. The SMILES string of the molecule is Cc1ccc(-c2nnc([C@H](C)OC(=O)CCc3c[nH]c4ccccc34)o2)cc1. The maximum Gasteiger partial charge on any atom is 0.306 e. The van der Waals surface area contributed by atoms with Crippen LogP contribution in [-0.4, -0.2) is 21.2 Å². The van der Waals surface area contributed by atoms with Crippen LogP contribution in [0.15, 0.2) is 59.1 Å². The first-order chi connectivity index (χ1) is 13.6. The number of fused-ring (bicyclic) bond motifs is 1. The van der Waals surface area contributed by atoms with Gasteiger partial charge in [-0.2, -0.15) is 0 Å². The van der Waals surface area contributed by atoms with Gasteiger partial charge in [0.2, 0.25) is 5.89 Å². The number of H-pyrrole nitrogens is 1. The van der Waals surface area contributed by atoms with Gasteiger partial charge in [-0.3, -0.25) is 4.79 Å². The number of benzene rings is 2. The maximum absolute atomic E-state index is 12.3. The molecule has 0 aliphatic carbocycles. The molecule has 0 amide bonds. The number of aromatic amines is 1. The minimum atomic E-state index is -0.595. The number of esters is 1. The van der Waals surface area contributed by atoms with Gasteiger partial charge in [0.25, 0.3) is 5.89 Å². The summed E-state index contributed by atoms with van der Waals surface area (Å²) in [6.45, 7) is 3.75. The molecule has 0 unspecified atom stereocenters. The quantitative estimate of drug-likeness (QED) is 0.491. The van der Waals surface area contributed by atoms with Gasteiger partial charge in [-0.05, 0) is 44.0 Å². The van der Waals surface area contributed by atoms with Crippen LogP contribution in [0.2, 0.25) is 0 Å². The van der Waals surface area contributed by atoms with Crippen LogP contribution in [-0.2, 0) is 16.0 Å². The van der Waals surface area contributed by atoms with Crippen molar-refractivity contribution in [3.63, 3.8) is 0 Å². The van der Waals surface area contributed by atoms with E-state index in [4.69, 9.17) is 9.15 Å². The molecule has 1 N–H and O–H groups in total. The summed E-state index contributed by atoms with van der Waals surface area (Å²) in [7, 11) is 0. The smallest absolute Gasteiger partial charge is 0.306 e. The Morgan fingerprint density at radius 1 is 1.14 bits per heavy atom. The molecule has 2 aromatic carbocycles. The van der Waals surface area contributed by atoms with E-state index in [1.54, 1.807) is 6.92 Å². The first-order valence-corrected chi connectivity index (χ1v) is 9.25. The summed E-state index contributed by atoms with van der Waals surface area (Å²) < 4.78 is 11.1. The average molecular weight is 375 g/mol. The second kappa shape index (κ2) is 7.68. The maximum atomic E-state index is 12.3. The van der Waals surface area contributed by atoms with Crippen LogP contribution in [0.3, 0.4) is 0 Å². The van der Waals surface area contributed by atoms with E-state index in [1.807, 2.05) is 61.7 Å². The molecule has 4 rings (SSSR count). The molecule has 0 aliphatic rings. The largest absolute Gasteiger partial charge is 0.453 e. The van der Waals surface area contributed by atoms with Crippen LogP contribution < -0.4 is 0 Å². The summed E-state index contributed by atoms with van der Waals surface area (Å²) >= 11 is 0. The lowest BCUT2D eigenvalue weighted by atomic mass is 10.1. The molecule has 0 aliphatic heterocycles. The highest BCUT2D eigenvalue weighted by molar-refractivity contribution is 5.83. The predicted molar refractivity (Wildman–Crippen MR) is 106 cm³/mol. The number of aromatic nitrogens is 3. The van der Waals surface area contributed by atoms with Crippen molar-refractivity contribution in [2.75, 3.05) is 0 Å². The molecule has 2 heterocycles. The third-order valence-corrected chi connectivity index (χ3v) is 4.67. The van der Waals surface area contributed by atoms with Gasteiger partial charge in [0.05, 0.1) is 0 Å². The van der Waals surface area contributed by atoms with E-state index in [2.05, 4.69) is 15.2 Å². The molecular formula is C22H21N3O3. The fourth-order valence-electron chi connectivity index (χ4n) is 3.09. The molecule has 6 nitrogen and oxygen atoms in total. The molecule has 0 radical (unpaired) electrons. The van der Waals surface area contributed by atoms with E-state index in [-0.39, 0.29) is 18.3 Å². The number of nitrogens with one attached hydrogen (secondary N) is 1. The van der Waals surface area contributed by atoms with Crippen molar-refractivity contribution >= 4 is 16.9 Å². The van der Waals surface area contributed by atoms with Crippen molar-refractivity contribution in [3.05, 3.63) is 71.7 Å². The van der Waals surface area contributed by atoms with E-state index in [1.165, 1.54) is 0 Å². The average Bonchev–Trinajstić information content (AvgIpc) is 3.34. The molecule has 6 heteroatoms. The van der Waals surface area contributed by atoms with Gasteiger partial charge in [0.1, 0.15) is 0 Å². The second-order valence-electron chi connectivity index (χ2n) is 6.80. The Kier molecular flexibility index (Phi) is 4.93. The predicted octanol–water partition coefficient (Wildman–Crippen LogP) is 4.76. The number of hydrogen-bond acceptors (Lipinski definition) is 5. The zero-order chi connectivity index (χ0) is 19.5. The van der Waals surface area contributed by atoms with Gasteiger partial charge in [-0.15, -0.1) is 10.2 Å². The Morgan fingerprint density at radius 3 is 2.75 bits per heavy atom. The highest BCUT2D eigenvalue weighted by atomic mass is 16.6. The highest BCUT2D eigenvalue weighted by Gasteiger charge is 2.19. The van der Waals surface area contributed by atoms with Gasteiger partial charge < -0.3 is 14.1 Å². The number of hydrogen-bond donors (Lipinski definition) is 1. The van der Waals surface area contributed by atoms with E-state index < -0.39 is 6.10 Å². The molecule has 0 bridgehead atoms. The molecule has 0 saturated carbocycles. The molecule has 142 valence electrons. The van der Waals surface area contributed by atoms with Crippen LogP contribution in [0, 0.1) is 6.92 Å². The number of rotatable bonds is 6. The van der Waals surface area contributed by atoms with E-state index >= 15 is 0 Å². The van der Waals surface area contributed by atoms with Crippen LogP contribution in [0.4, 0.5) is 0 Å². The van der Waals surface area contributed by atoms with Crippen LogP contribution in [0.25, 0.3) is 22.4 Å². The first kappa shape index (κ1) is 18.0. The summed E-state index contributed by atoms with van der Waals surface area (Å²) in [6.07, 6.45) is 2.23. The highest BCUT2D eigenvalue weighted by Crippen LogP contribution is 2.24. The topological polar surface area (TPSA) is 81.0 Å². The Morgan fingerprint density at radius 2 is 1.93 bits per heavy atom. The minimum absolute atomic E-state index is 0.283. The Balaban J connectivity index is 1.36. The van der Waals surface area contributed by atoms with Crippen LogP contribution in [0.5, 0.6) is 0 Å². The van der Waals surface area contributed by atoms with Crippen molar-refractivity contribution in [2.45, 2.75) is 32.8 Å². The van der Waals surface area contributed by atoms with E-state index in [0.717, 1.165) is 27.6 Å². The van der Waals surface area contributed by atoms with Crippen molar-refractivity contribution < 1.29 is 13.9 Å². The Hall–Kier alpha value is -3.41. The standard InChI is InChI=1S/C22H21N3O3/c1-14-7-9-16(10-8-14)22-25-24-21(28-22)15(2)27-20(26)12-11-17-13-23-19-6-4-3-5-18(17)19/h3-10,13,15,23H,11-12H2,1-2H3/t15-/m0/s1. The third-order valence-electron chi connectivity index (χ3n) is 4.67. The molecule has 4 aromatic rings.